The van der Waals surface area contributed by atoms with Crippen molar-refractivity contribution in [3.63, 3.8) is 0 Å². The molecular formula is C15H19N3O2S. The predicted octanol–water partition coefficient (Wildman–Crippen LogP) is 2.03. The second-order valence-corrected chi connectivity index (χ2v) is 6.27. The summed E-state index contributed by atoms with van der Waals surface area (Å²) in [5.41, 5.74) is 1.67. The summed E-state index contributed by atoms with van der Waals surface area (Å²) < 4.78 is 27.3. The molecule has 2 N–H and O–H groups in total. The normalized spacial score (nSPS) is 11.3. The minimum atomic E-state index is -3.51. The first-order chi connectivity index (χ1) is 10.1. The average molecular weight is 305 g/mol. The van der Waals surface area contributed by atoms with E-state index < -0.39 is 10.0 Å². The Labute approximate surface area is 125 Å². The number of sulfonamides is 1. The standard InChI is InChI=1S/C15H19N3O2S/c1-2-17-14-5-3-4-6-15(14)21(19,20)18-12-9-13-7-10-16-11-8-13/h3-8,10-11,17-18H,2,9,12H2,1H3. The van der Waals surface area contributed by atoms with E-state index in [-0.39, 0.29) is 4.90 Å². The molecule has 5 nitrogen and oxygen atoms in total. The fourth-order valence-corrected chi connectivity index (χ4v) is 3.21. The molecule has 2 aromatic rings. The number of hydrogen-bond donors (Lipinski definition) is 2. The fraction of sp³-hybridized carbons (Fsp3) is 0.267. The minimum Gasteiger partial charge on any atom is -0.384 e. The minimum absolute atomic E-state index is 0.279. The Kier molecular flexibility index (Phi) is 5.30. The Balaban J connectivity index is 2.05. The van der Waals surface area contributed by atoms with Gasteiger partial charge in [0.05, 0.1) is 5.69 Å². The molecule has 2 rings (SSSR count). The molecule has 0 aliphatic heterocycles. The van der Waals surface area contributed by atoms with Crippen molar-refractivity contribution in [2.45, 2.75) is 18.2 Å². The van der Waals surface area contributed by atoms with Crippen LogP contribution >= 0.6 is 0 Å². The van der Waals surface area contributed by atoms with Crippen molar-refractivity contribution in [1.29, 1.82) is 0 Å². The molecule has 1 aromatic heterocycles. The number of anilines is 1. The average Bonchev–Trinajstić information content (AvgIpc) is 2.49. The van der Waals surface area contributed by atoms with Crippen molar-refractivity contribution >= 4 is 15.7 Å². The van der Waals surface area contributed by atoms with E-state index in [1.807, 2.05) is 25.1 Å². The van der Waals surface area contributed by atoms with E-state index >= 15 is 0 Å². The number of nitrogens with zero attached hydrogens (tertiary/aromatic N) is 1. The van der Waals surface area contributed by atoms with E-state index in [1.165, 1.54) is 0 Å². The molecule has 0 spiro atoms. The largest absolute Gasteiger partial charge is 0.384 e. The van der Waals surface area contributed by atoms with Crippen LogP contribution in [-0.4, -0.2) is 26.5 Å². The Morgan fingerprint density at radius 1 is 1.10 bits per heavy atom. The Bertz CT molecular complexity index is 672. The van der Waals surface area contributed by atoms with Gasteiger partial charge in [0.15, 0.2) is 0 Å². The monoisotopic (exact) mass is 305 g/mol. The lowest BCUT2D eigenvalue weighted by Gasteiger charge is -2.12. The van der Waals surface area contributed by atoms with Crippen molar-refractivity contribution < 1.29 is 8.42 Å². The van der Waals surface area contributed by atoms with Crippen LogP contribution in [0.25, 0.3) is 0 Å². The molecule has 0 fully saturated rings. The second-order valence-electron chi connectivity index (χ2n) is 4.53. The van der Waals surface area contributed by atoms with Gasteiger partial charge in [-0.25, -0.2) is 13.1 Å². The summed E-state index contributed by atoms with van der Waals surface area (Å²) in [6, 6.07) is 10.7. The summed E-state index contributed by atoms with van der Waals surface area (Å²) in [6.45, 7) is 2.95. The maximum atomic E-state index is 12.4. The lowest BCUT2D eigenvalue weighted by molar-refractivity contribution is 0.582. The molecule has 21 heavy (non-hydrogen) atoms. The Hall–Kier alpha value is -1.92. The molecule has 1 heterocycles. The first kappa shape index (κ1) is 15.5. The zero-order valence-corrected chi connectivity index (χ0v) is 12.7. The van der Waals surface area contributed by atoms with Crippen molar-refractivity contribution in [2.24, 2.45) is 0 Å². The smallest absolute Gasteiger partial charge is 0.242 e. The van der Waals surface area contributed by atoms with Crippen LogP contribution in [0.2, 0.25) is 0 Å². The van der Waals surface area contributed by atoms with E-state index in [0.717, 1.165) is 5.56 Å². The van der Waals surface area contributed by atoms with Crippen LogP contribution in [0, 0.1) is 0 Å². The molecule has 0 unspecified atom stereocenters. The Morgan fingerprint density at radius 2 is 1.81 bits per heavy atom. The van der Waals surface area contributed by atoms with Gasteiger partial charge in [-0.3, -0.25) is 4.98 Å². The van der Waals surface area contributed by atoms with Gasteiger partial charge in [0.2, 0.25) is 10.0 Å². The van der Waals surface area contributed by atoms with E-state index in [9.17, 15) is 8.42 Å². The summed E-state index contributed by atoms with van der Waals surface area (Å²) in [5, 5.41) is 3.06. The molecule has 0 aliphatic rings. The van der Waals surface area contributed by atoms with Gasteiger partial charge in [-0.2, -0.15) is 0 Å². The molecule has 0 saturated heterocycles. The zero-order chi connectivity index (χ0) is 15.1. The predicted molar refractivity (Wildman–Crippen MR) is 83.7 cm³/mol. The van der Waals surface area contributed by atoms with Crippen molar-refractivity contribution in [3.05, 3.63) is 54.4 Å². The molecule has 0 aliphatic carbocycles. The van der Waals surface area contributed by atoms with Gasteiger partial charge >= 0.3 is 0 Å². The molecule has 0 saturated carbocycles. The van der Waals surface area contributed by atoms with E-state index in [4.69, 9.17) is 0 Å². The van der Waals surface area contributed by atoms with Gasteiger partial charge < -0.3 is 5.32 Å². The van der Waals surface area contributed by atoms with Gasteiger partial charge in [-0.1, -0.05) is 12.1 Å². The summed E-state index contributed by atoms with van der Waals surface area (Å²) in [5.74, 6) is 0. The first-order valence-electron chi connectivity index (χ1n) is 6.85. The molecule has 0 amide bonds. The van der Waals surface area contributed by atoms with E-state index in [0.29, 0.717) is 25.2 Å². The van der Waals surface area contributed by atoms with Crippen LogP contribution in [0.3, 0.4) is 0 Å². The van der Waals surface area contributed by atoms with Gasteiger partial charge in [-0.05, 0) is 43.2 Å². The number of benzene rings is 1. The van der Waals surface area contributed by atoms with Crippen LogP contribution in [-0.2, 0) is 16.4 Å². The van der Waals surface area contributed by atoms with Gasteiger partial charge in [-0.15, -0.1) is 0 Å². The highest BCUT2D eigenvalue weighted by Crippen LogP contribution is 2.20. The van der Waals surface area contributed by atoms with Crippen LogP contribution in [0.1, 0.15) is 12.5 Å². The van der Waals surface area contributed by atoms with Crippen LogP contribution < -0.4 is 10.0 Å². The maximum Gasteiger partial charge on any atom is 0.242 e. The first-order valence-corrected chi connectivity index (χ1v) is 8.33. The third-order valence-corrected chi connectivity index (χ3v) is 4.52. The number of nitrogens with one attached hydrogen (secondary N) is 2. The number of pyridine rings is 1. The number of hydrogen-bond acceptors (Lipinski definition) is 4. The molecule has 0 radical (unpaired) electrons. The maximum absolute atomic E-state index is 12.4. The number of aromatic nitrogens is 1. The number of rotatable bonds is 7. The third-order valence-electron chi connectivity index (χ3n) is 3.00. The van der Waals surface area contributed by atoms with E-state index in [2.05, 4.69) is 15.0 Å². The SMILES string of the molecule is CCNc1ccccc1S(=O)(=O)NCCc1ccncc1. The van der Waals surface area contributed by atoms with Gasteiger partial charge in [0.25, 0.3) is 0 Å². The highest BCUT2D eigenvalue weighted by atomic mass is 32.2. The fourth-order valence-electron chi connectivity index (χ4n) is 1.99. The zero-order valence-electron chi connectivity index (χ0n) is 11.9. The lowest BCUT2D eigenvalue weighted by atomic mass is 10.2. The van der Waals surface area contributed by atoms with Crippen molar-refractivity contribution in [3.8, 4) is 0 Å². The molecule has 0 bridgehead atoms. The second kappa shape index (κ2) is 7.19. The number of para-hydroxylation sites is 1. The molecule has 1 aromatic carbocycles. The quantitative estimate of drug-likeness (QED) is 0.821. The van der Waals surface area contributed by atoms with Crippen molar-refractivity contribution in [2.75, 3.05) is 18.4 Å². The molecule has 0 atom stereocenters. The van der Waals surface area contributed by atoms with Gasteiger partial charge in [0.1, 0.15) is 4.90 Å². The summed E-state index contributed by atoms with van der Waals surface area (Å²) in [4.78, 5) is 4.21. The highest BCUT2D eigenvalue weighted by molar-refractivity contribution is 7.89. The van der Waals surface area contributed by atoms with Gasteiger partial charge in [0, 0.05) is 25.5 Å². The Morgan fingerprint density at radius 3 is 2.52 bits per heavy atom. The summed E-state index contributed by atoms with van der Waals surface area (Å²) in [7, 11) is -3.51. The van der Waals surface area contributed by atoms with Crippen LogP contribution in [0.15, 0.2) is 53.7 Å². The summed E-state index contributed by atoms with van der Waals surface area (Å²) in [6.07, 6.45) is 4.03. The molecular weight excluding hydrogens is 286 g/mol. The van der Waals surface area contributed by atoms with Crippen molar-refractivity contribution in [1.82, 2.24) is 9.71 Å². The third kappa shape index (κ3) is 4.27. The lowest BCUT2D eigenvalue weighted by Crippen LogP contribution is -2.26. The van der Waals surface area contributed by atoms with Crippen LogP contribution in [0.5, 0.6) is 0 Å². The van der Waals surface area contributed by atoms with Crippen LogP contribution in [0.4, 0.5) is 5.69 Å². The topological polar surface area (TPSA) is 71.1 Å². The highest BCUT2D eigenvalue weighted by Gasteiger charge is 2.17. The van der Waals surface area contributed by atoms with E-state index in [1.54, 1.807) is 30.6 Å². The summed E-state index contributed by atoms with van der Waals surface area (Å²) >= 11 is 0. The molecule has 112 valence electrons. The molecule has 6 heteroatoms.